The van der Waals surface area contributed by atoms with Gasteiger partial charge in [-0.2, -0.15) is 9.97 Å². The zero-order chi connectivity index (χ0) is 20.7. The lowest BCUT2D eigenvalue weighted by molar-refractivity contribution is -0.0417. The number of anilines is 2. The third-order valence-corrected chi connectivity index (χ3v) is 4.88. The van der Waals surface area contributed by atoms with Crippen molar-refractivity contribution in [3.63, 3.8) is 0 Å². The summed E-state index contributed by atoms with van der Waals surface area (Å²) in [5, 5.41) is 2.82. The first-order valence-electron chi connectivity index (χ1n) is 7.74. The quantitative estimate of drug-likeness (QED) is 0.294. The van der Waals surface area contributed by atoms with Gasteiger partial charge in [-0.3, -0.25) is 13.6 Å². The Labute approximate surface area is 157 Å². The van der Waals surface area contributed by atoms with E-state index in [9.17, 15) is 9.13 Å². The standard InChI is InChI=1S/C11H18N6O9P2/c1-13-9-8-10(16-11(12)15-9)17(4-14-8)7-2-5(26-28(21,22)23)6(25-7)3-24-27(18,19)20/h4-7H,2-3H2,1H3,(H2,18,19,20)(H2,21,22,23)(H3,12,13,15,16)/t5-,6+,7+/m0/s1. The van der Waals surface area contributed by atoms with Crippen LogP contribution in [0.4, 0.5) is 11.8 Å². The molecule has 3 heterocycles. The lowest BCUT2D eigenvalue weighted by Crippen LogP contribution is -2.28. The number of phosphoric ester groups is 2. The van der Waals surface area contributed by atoms with E-state index in [4.69, 9.17) is 34.6 Å². The topological polar surface area (TPSA) is 224 Å². The van der Waals surface area contributed by atoms with E-state index >= 15 is 0 Å². The predicted molar refractivity (Wildman–Crippen MR) is 92.7 cm³/mol. The summed E-state index contributed by atoms with van der Waals surface area (Å²) in [6.07, 6.45) is -1.97. The number of nitrogen functional groups attached to an aromatic ring is 1. The van der Waals surface area contributed by atoms with E-state index < -0.39 is 40.7 Å². The number of nitrogens with one attached hydrogen (secondary N) is 1. The van der Waals surface area contributed by atoms with E-state index in [1.54, 1.807) is 7.05 Å². The summed E-state index contributed by atoms with van der Waals surface area (Å²) in [6.45, 7) is -0.656. The van der Waals surface area contributed by atoms with Gasteiger partial charge in [-0.25, -0.2) is 14.1 Å². The molecule has 17 heteroatoms. The largest absolute Gasteiger partial charge is 0.469 e. The number of phosphoric acid groups is 2. The number of nitrogens with zero attached hydrogens (tertiary/aromatic N) is 4. The highest BCUT2D eigenvalue weighted by atomic mass is 31.2. The zero-order valence-corrected chi connectivity index (χ0v) is 16.1. The zero-order valence-electron chi connectivity index (χ0n) is 14.3. The molecule has 0 spiro atoms. The summed E-state index contributed by atoms with van der Waals surface area (Å²) < 4.78 is 38.3. The van der Waals surface area contributed by atoms with Crippen molar-refractivity contribution in [2.75, 3.05) is 24.7 Å². The van der Waals surface area contributed by atoms with Gasteiger partial charge in [0.05, 0.1) is 12.9 Å². The Balaban J connectivity index is 1.90. The Hall–Kier alpha value is -1.67. The maximum absolute atomic E-state index is 11.2. The first-order chi connectivity index (χ1) is 13.0. The number of imidazole rings is 1. The summed E-state index contributed by atoms with van der Waals surface area (Å²) in [4.78, 5) is 48.2. The SMILES string of the molecule is CNc1nc(N)nc2c1ncn2[C@H]1C[C@H](OP(=O)(O)O)[C@@H](COP(=O)(O)O)O1. The van der Waals surface area contributed by atoms with Crippen molar-refractivity contribution in [1.82, 2.24) is 19.5 Å². The summed E-state index contributed by atoms with van der Waals surface area (Å²) in [7, 11) is -8.11. The average Bonchev–Trinajstić information content (AvgIpc) is 3.13. The molecule has 2 aromatic heterocycles. The molecule has 0 amide bonds. The van der Waals surface area contributed by atoms with Crippen LogP contribution in [-0.4, -0.2) is 65.0 Å². The minimum atomic E-state index is -4.90. The molecule has 0 bridgehead atoms. The van der Waals surface area contributed by atoms with Crippen LogP contribution in [-0.2, 0) is 22.9 Å². The van der Waals surface area contributed by atoms with Crippen LogP contribution in [0.3, 0.4) is 0 Å². The van der Waals surface area contributed by atoms with Crippen molar-refractivity contribution in [2.24, 2.45) is 0 Å². The number of hydrogen-bond acceptors (Lipinski definition) is 10. The summed E-state index contributed by atoms with van der Waals surface area (Å²) in [5.41, 5.74) is 6.34. The van der Waals surface area contributed by atoms with Gasteiger partial charge >= 0.3 is 15.6 Å². The van der Waals surface area contributed by atoms with Crippen LogP contribution in [0, 0.1) is 0 Å². The fourth-order valence-corrected chi connectivity index (χ4v) is 3.71. The van der Waals surface area contributed by atoms with Crippen LogP contribution in [0.5, 0.6) is 0 Å². The predicted octanol–water partition coefficient (Wildman–Crippen LogP) is -0.675. The van der Waals surface area contributed by atoms with Crippen molar-refractivity contribution < 1.29 is 42.5 Å². The number of rotatable bonds is 7. The number of fused-ring (bicyclic) bond motifs is 1. The molecule has 28 heavy (non-hydrogen) atoms. The van der Waals surface area contributed by atoms with Crippen LogP contribution >= 0.6 is 15.6 Å². The van der Waals surface area contributed by atoms with E-state index in [1.807, 2.05) is 0 Å². The van der Waals surface area contributed by atoms with E-state index in [0.29, 0.717) is 11.3 Å². The van der Waals surface area contributed by atoms with Gasteiger partial charge in [0.25, 0.3) is 0 Å². The van der Waals surface area contributed by atoms with Crippen molar-refractivity contribution in [3.05, 3.63) is 6.33 Å². The maximum Gasteiger partial charge on any atom is 0.469 e. The van der Waals surface area contributed by atoms with Gasteiger partial charge < -0.3 is 35.4 Å². The van der Waals surface area contributed by atoms with Crippen molar-refractivity contribution in [2.45, 2.75) is 24.9 Å². The molecule has 1 fully saturated rings. The van der Waals surface area contributed by atoms with Crippen molar-refractivity contribution >= 4 is 38.6 Å². The highest BCUT2D eigenvalue weighted by molar-refractivity contribution is 7.46. The Morgan fingerprint density at radius 2 is 2.04 bits per heavy atom. The number of nitrogens with two attached hydrogens (primary N) is 1. The van der Waals surface area contributed by atoms with Crippen LogP contribution in [0.25, 0.3) is 11.2 Å². The Morgan fingerprint density at radius 1 is 1.32 bits per heavy atom. The first-order valence-corrected chi connectivity index (χ1v) is 10.8. The minimum absolute atomic E-state index is 0.0407. The lowest BCUT2D eigenvalue weighted by Gasteiger charge is -2.19. The van der Waals surface area contributed by atoms with Crippen LogP contribution in [0.2, 0.25) is 0 Å². The molecule has 0 aliphatic carbocycles. The third-order valence-electron chi connectivity index (χ3n) is 3.85. The molecule has 0 saturated carbocycles. The minimum Gasteiger partial charge on any atom is -0.371 e. The van der Waals surface area contributed by atoms with Crippen molar-refractivity contribution in [1.29, 1.82) is 0 Å². The molecule has 3 rings (SSSR count). The van der Waals surface area contributed by atoms with E-state index in [0.717, 1.165) is 0 Å². The van der Waals surface area contributed by atoms with Gasteiger partial charge in [-0.05, 0) is 0 Å². The molecular weight excluding hydrogens is 422 g/mol. The number of ether oxygens (including phenoxy) is 1. The van der Waals surface area contributed by atoms with Gasteiger partial charge in [-0.1, -0.05) is 0 Å². The van der Waals surface area contributed by atoms with E-state index in [2.05, 4.69) is 24.8 Å². The van der Waals surface area contributed by atoms with Gasteiger partial charge in [0, 0.05) is 13.5 Å². The molecule has 1 saturated heterocycles. The van der Waals surface area contributed by atoms with Gasteiger partial charge in [0.2, 0.25) is 5.95 Å². The Morgan fingerprint density at radius 3 is 2.64 bits per heavy atom. The van der Waals surface area contributed by atoms with Crippen molar-refractivity contribution in [3.8, 4) is 0 Å². The first kappa shape index (κ1) is 21.0. The molecule has 2 aromatic rings. The maximum atomic E-state index is 11.2. The number of aromatic nitrogens is 4. The van der Waals surface area contributed by atoms with Gasteiger partial charge in [0.15, 0.2) is 17.0 Å². The molecule has 0 unspecified atom stereocenters. The molecule has 3 atom stereocenters. The molecule has 1 aliphatic rings. The highest BCUT2D eigenvalue weighted by Crippen LogP contribution is 2.45. The molecule has 1 aliphatic heterocycles. The summed E-state index contributed by atoms with van der Waals surface area (Å²) >= 11 is 0. The summed E-state index contributed by atoms with van der Waals surface area (Å²) in [6, 6.07) is 0. The molecular formula is C11H18N6O9P2. The second-order valence-electron chi connectivity index (χ2n) is 5.79. The molecule has 7 N–H and O–H groups in total. The second-order valence-corrected chi connectivity index (χ2v) is 8.22. The molecule has 156 valence electrons. The third kappa shape index (κ3) is 4.84. The Kier molecular flexibility index (Phi) is 5.74. The van der Waals surface area contributed by atoms with E-state index in [1.165, 1.54) is 10.9 Å². The van der Waals surface area contributed by atoms with Gasteiger partial charge in [-0.15, -0.1) is 0 Å². The fraction of sp³-hybridized carbons (Fsp3) is 0.545. The fourth-order valence-electron chi connectivity index (χ4n) is 2.80. The summed E-state index contributed by atoms with van der Waals surface area (Å²) in [5.74, 6) is 0.324. The molecule has 0 radical (unpaired) electrons. The average molecular weight is 440 g/mol. The molecule has 0 aromatic carbocycles. The smallest absolute Gasteiger partial charge is 0.371 e. The van der Waals surface area contributed by atoms with E-state index in [-0.39, 0.29) is 18.0 Å². The Bertz CT molecular complexity index is 957. The molecule has 15 nitrogen and oxygen atoms in total. The normalized spacial score (nSPS) is 23.4. The monoisotopic (exact) mass is 440 g/mol. The van der Waals surface area contributed by atoms with Crippen LogP contribution in [0.1, 0.15) is 12.6 Å². The number of hydrogen-bond donors (Lipinski definition) is 6. The van der Waals surface area contributed by atoms with Gasteiger partial charge in [0.1, 0.15) is 18.4 Å². The van der Waals surface area contributed by atoms with Crippen LogP contribution in [0.15, 0.2) is 6.33 Å². The lowest BCUT2D eigenvalue weighted by atomic mass is 10.2. The highest BCUT2D eigenvalue weighted by Gasteiger charge is 2.42. The second kappa shape index (κ2) is 7.63. The van der Waals surface area contributed by atoms with Crippen LogP contribution < -0.4 is 11.1 Å².